The molecule has 1 amide bonds. The molecule has 0 aliphatic heterocycles. The number of imidazole rings is 1. The van der Waals surface area contributed by atoms with Crippen LogP contribution in [0.1, 0.15) is 45.5 Å². The maximum Gasteiger partial charge on any atom is 0.251 e. The van der Waals surface area contributed by atoms with Crippen LogP contribution in [0.2, 0.25) is 0 Å². The van der Waals surface area contributed by atoms with Crippen molar-refractivity contribution >= 4 is 28.7 Å². The molecular formula is C31H30N4OS. The second-order valence-corrected chi connectivity index (χ2v) is 10.2. The summed E-state index contributed by atoms with van der Waals surface area (Å²) in [5.74, 6) is 0.974. The number of thioether (sulfide) groups is 1. The first-order chi connectivity index (χ1) is 18.1. The van der Waals surface area contributed by atoms with Gasteiger partial charge in [-0.3, -0.25) is 9.78 Å². The Kier molecular flexibility index (Phi) is 7.66. The average molecular weight is 507 g/mol. The van der Waals surface area contributed by atoms with Crippen molar-refractivity contribution < 1.29 is 4.79 Å². The molecule has 1 unspecified atom stereocenters. The van der Waals surface area contributed by atoms with Gasteiger partial charge in [0, 0.05) is 24.1 Å². The molecule has 0 aliphatic rings. The summed E-state index contributed by atoms with van der Waals surface area (Å²) in [6.07, 6.45) is 3.67. The highest BCUT2D eigenvalue weighted by Gasteiger charge is 2.14. The molecule has 5 aromatic rings. The Bertz CT molecular complexity index is 1500. The van der Waals surface area contributed by atoms with Crippen LogP contribution in [0.4, 0.5) is 0 Å². The second kappa shape index (κ2) is 11.4. The van der Waals surface area contributed by atoms with Gasteiger partial charge in [0.1, 0.15) is 0 Å². The number of carbonyl (C=O) groups excluding carboxylic acids is 1. The molecule has 2 aromatic heterocycles. The van der Waals surface area contributed by atoms with E-state index in [1.54, 1.807) is 18.0 Å². The fraction of sp³-hybridized carbons (Fsp3) is 0.194. The number of nitrogens with zero attached hydrogens (tertiary/aromatic N) is 3. The molecule has 0 saturated carbocycles. The van der Waals surface area contributed by atoms with E-state index in [9.17, 15) is 4.79 Å². The van der Waals surface area contributed by atoms with E-state index in [2.05, 4.69) is 65.1 Å². The molecule has 1 atom stereocenters. The minimum Gasteiger partial charge on any atom is -0.351 e. The van der Waals surface area contributed by atoms with Crippen LogP contribution in [-0.4, -0.2) is 27.0 Å². The van der Waals surface area contributed by atoms with Gasteiger partial charge in [-0.1, -0.05) is 85.4 Å². The molecule has 3 aromatic carbocycles. The highest BCUT2D eigenvalue weighted by atomic mass is 32.2. The Morgan fingerprint density at radius 1 is 0.973 bits per heavy atom. The Morgan fingerprint density at radius 2 is 1.73 bits per heavy atom. The average Bonchev–Trinajstić information content (AvgIpc) is 3.29. The van der Waals surface area contributed by atoms with E-state index < -0.39 is 0 Å². The number of carbonyl (C=O) groups is 1. The molecule has 5 nitrogen and oxygen atoms in total. The summed E-state index contributed by atoms with van der Waals surface area (Å²) in [7, 11) is 0. The molecule has 6 heteroatoms. The molecule has 0 saturated heterocycles. The van der Waals surface area contributed by atoms with Crippen molar-refractivity contribution in [1.29, 1.82) is 0 Å². The number of hydrogen-bond donors (Lipinski definition) is 1. The van der Waals surface area contributed by atoms with E-state index >= 15 is 0 Å². The van der Waals surface area contributed by atoms with E-state index in [0.717, 1.165) is 34.1 Å². The fourth-order valence-electron chi connectivity index (χ4n) is 4.32. The van der Waals surface area contributed by atoms with Crippen molar-refractivity contribution in [2.24, 2.45) is 0 Å². The van der Waals surface area contributed by atoms with Gasteiger partial charge < -0.3 is 9.88 Å². The predicted octanol–water partition coefficient (Wildman–Crippen LogP) is 6.61. The molecule has 0 fully saturated rings. The Labute approximate surface area is 222 Å². The summed E-state index contributed by atoms with van der Waals surface area (Å²) < 4.78 is 2.24. The molecule has 0 spiro atoms. The zero-order valence-corrected chi connectivity index (χ0v) is 21.9. The van der Waals surface area contributed by atoms with Crippen LogP contribution in [0.3, 0.4) is 0 Å². The highest BCUT2D eigenvalue weighted by molar-refractivity contribution is 7.98. The zero-order chi connectivity index (χ0) is 25.6. The molecule has 0 aliphatic carbocycles. The first kappa shape index (κ1) is 24.8. The van der Waals surface area contributed by atoms with Crippen molar-refractivity contribution in [1.82, 2.24) is 19.9 Å². The first-order valence-corrected chi connectivity index (χ1v) is 13.5. The minimum absolute atomic E-state index is 0.0468. The topological polar surface area (TPSA) is 59.8 Å². The third-order valence-electron chi connectivity index (χ3n) is 6.63. The second-order valence-electron chi connectivity index (χ2n) is 9.28. The molecule has 186 valence electrons. The van der Waals surface area contributed by atoms with Crippen LogP contribution in [0.15, 0.2) is 102 Å². The maximum absolute atomic E-state index is 12.7. The molecule has 37 heavy (non-hydrogen) atoms. The molecular weight excluding hydrogens is 476 g/mol. The van der Waals surface area contributed by atoms with E-state index in [-0.39, 0.29) is 11.8 Å². The highest BCUT2D eigenvalue weighted by Crippen LogP contribution is 2.28. The van der Waals surface area contributed by atoms with Crippen molar-refractivity contribution in [2.45, 2.75) is 37.2 Å². The normalized spacial score (nSPS) is 11.9. The Hall–Kier alpha value is -3.90. The smallest absolute Gasteiger partial charge is 0.251 e. The van der Waals surface area contributed by atoms with Crippen LogP contribution >= 0.6 is 11.8 Å². The van der Waals surface area contributed by atoms with Crippen molar-refractivity contribution in [3.63, 3.8) is 0 Å². The lowest BCUT2D eigenvalue weighted by molar-refractivity contribution is 0.0951. The summed E-state index contributed by atoms with van der Waals surface area (Å²) in [5.41, 5.74) is 7.55. The van der Waals surface area contributed by atoms with Crippen LogP contribution < -0.4 is 5.32 Å². The monoisotopic (exact) mass is 506 g/mol. The van der Waals surface area contributed by atoms with Crippen LogP contribution in [0.25, 0.3) is 11.0 Å². The summed E-state index contributed by atoms with van der Waals surface area (Å²) >= 11 is 1.70. The number of rotatable bonds is 9. The summed E-state index contributed by atoms with van der Waals surface area (Å²) in [4.78, 5) is 21.9. The molecule has 1 N–H and O–H groups in total. The van der Waals surface area contributed by atoms with Crippen molar-refractivity contribution in [3.05, 3.63) is 125 Å². The van der Waals surface area contributed by atoms with Crippen LogP contribution in [0, 0.1) is 6.92 Å². The van der Waals surface area contributed by atoms with E-state index in [4.69, 9.17) is 4.98 Å². The van der Waals surface area contributed by atoms with E-state index in [0.29, 0.717) is 12.1 Å². The maximum atomic E-state index is 12.7. The summed E-state index contributed by atoms with van der Waals surface area (Å²) in [6.45, 7) is 5.61. The lowest BCUT2D eigenvalue weighted by atomic mass is 10.0. The minimum atomic E-state index is -0.0468. The third kappa shape index (κ3) is 5.92. The number of benzene rings is 3. The SMILES string of the molecule is Cc1ccccc1Cn1c(SCc2ccc(C(=O)NCC(C)c3ccccc3)cc2)nc2ccncc21. The number of aryl methyl sites for hydroxylation is 1. The van der Waals surface area contributed by atoms with Gasteiger partial charge in [0.15, 0.2) is 5.16 Å². The zero-order valence-electron chi connectivity index (χ0n) is 21.1. The third-order valence-corrected chi connectivity index (χ3v) is 7.67. The van der Waals surface area contributed by atoms with Crippen molar-refractivity contribution in [2.75, 3.05) is 6.54 Å². The van der Waals surface area contributed by atoms with Gasteiger partial charge in [-0.05, 0) is 53.3 Å². The lowest BCUT2D eigenvalue weighted by Crippen LogP contribution is -2.27. The van der Waals surface area contributed by atoms with E-state index in [1.165, 1.54) is 16.7 Å². The lowest BCUT2D eigenvalue weighted by Gasteiger charge is -2.13. The summed E-state index contributed by atoms with van der Waals surface area (Å²) in [6, 6.07) is 28.5. The van der Waals surface area contributed by atoms with E-state index in [1.807, 2.05) is 54.7 Å². The number of nitrogens with one attached hydrogen (secondary N) is 1. The Balaban J connectivity index is 1.24. The molecule has 0 radical (unpaired) electrons. The first-order valence-electron chi connectivity index (χ1n) is 12.5. The quantitative estimate of drug-likeness (QED) is 0.228. The van der Waals surface area contributed by atoms with Gasteiger partial charge >= 0.3 is 0 Å². The molecule has 2 heterocycles. The van der Waals surface area contributed by atoms with Crippen LogP contribution in [0.5, 0.6) is 0 Å². The van der Waals surface area contributed by atoms with Gasteiger partial charge in [-0.25, -0.2) is 4.98 Å². The Morgan fingerprint density at radius 3 is 2.51 bits per heavy atom. The van der Waals surface area contributed by atoms with Gasteiger partial charge in [-0.2, -0.15) is 0 Å². The largest absolute Gasteiger partial charge is 0.351 e. The molecule has 0 bridgehead atoms. The van der Waals surface area contributed by atoms with Crippen molar-refractivity contribution in [3.8, 4) is 0 Å². The standard InChI is InChI=1S/C31H30N4OS/c1-22-8-6-7-11-27(22)20-35-29-19-32-17-16-28(29)34-31(35)37-21-24-12-14-26(15-13-24)30(36)33-18-23(2)25-9-4-3-5-10-25/h3-17,19,23H,18,20-21H2,1-2H3,(H,33,36). The summed E-state index contributed by atoms with van der Waals surface area (Å²) in [5, 5.41) is 4.02. The van der Waals surface area contributed by atoms with Gasteiger partial charge in [-0.15, -0.1) is 0 Å². The van der Waals surface area contributed by atoms with Gasteiger partial charge in [0.2, 0.25) is 0 Å². The van der Waals surface area contributed by atoms with Gasteiger partial charge in [0.25, 0.3) is 5.91 Å². The van der Waals surface area contributed by atoms with Gasteiger partial charge in [0.05, 0.1) is 23.8 Å². The number of hydrogen-bond acceptors (Lipinski definition) is 4. The van der Waals surface area contributed by atoms with Crippen LogP contribution in [-0.2, 0) is 12.3 Å². The fourth-order valence-corrected chi connectivity index (χ4v) is 5.29. The number of aromatic nitrogens is 3. The number of fused-ring (bicyclic) bond motifs is 1. The predicted molar refractivity (Wildman–Crippen MR) is 151 cm³/mol. The molecule has 5 rings (SSSR count). The number of pyridine rings is 1. The number of amides is 1.